The minimum atomic E-state index is -0.622. The fraction of sp³-hybridized carbons (Fsp3) is 0.857. The molecule has 2 amide bonds. The molecule has 0 fully saturated rings. The van der Waals surface area contributed by atoms with Gasteiger partial charge >= 0.3 is 6.09 Å². The van der Waals surface area contributed by atoms with Crippen molar-refractivity contribution < 1.29 is 19.1 Å². The van der Waals surface area contributed by atoms with Crippen molar-refractivity contribution in [1.82, 2.24) is 10.6 Å². The smallest absolute Gasteiger partial charge is 0.408 e. The van der Waals surface area contributed by atoms with Gasteiger partial charge in [0.2, 0.25) is 5.91 Å². The first-order valence-electron chi connectivity index (χ1n) is 7.26. The van der Waals surface area contributed by atoms with Crippen molar-refractivity contribution >= 4 is 12.0 Å². The van der Waals surface area contributed by atoms with Gasteiger partial charge in [-0.25, -0.2) is 4.79 Å². The normalized spacial score (nSPS) is 12.6. The number of hydrogen-bond acceptors (Lipinski definition) is 5. The van der Waals surface area contributed by atoms with Gasteiger partial charge in [-0.2, -0.15) is 0 Å². The molecule has 0 spiro atoms. The third-order valence-electron chi connectivity index (χ3n) is 2.56. The summed E-state index contributed by atoms with van der Waals surface area (Å²) in [4.78, 5) is 23.8. The molecule has 0 saturated heterocycles. The van der Waals surface area contributed by atoms with Gasteiger partial charge in [-0.3, -0.25) is 4.79 Å². The maximum atomic E-state index is 12.0. The van der Waals surface area contributed by atoms with E-state index in [9.17, 15) is 9.59 Å². The number of rotatable bonds is 9. The highest BCUT2D eigenvalue weighted by atomic mass is 16.6. The molecule has 0 rings (SSSR count). The molecule has 0 aromatic rings. The molecule has 4 N–H and O–H groups in total. The molecule has 124 valence electrons. The number of unbranched alkanes of at least 4 members (excludes halogenated alkanes) is 1. The molecule has 1 unspecified atom stereocenters. The Balaban J connectivity index is 4.43. The van der Waals surface area contributed by atoms with E-state index in [0.29, 0.717) is 26.1 Å². The molecule has 0 aromatic heterocycles. The van der Waals surface area contributed by atoms with Gasteiger partial charge in [0.05, 0.1) is 6.61 Å². The van der Waals surface area contributed by atoms with Crippen molar-refractivity contribution in [3.8, 4) is 0 Å². The standard InChI is InChI=1S/C14H29N3O4/c1-14(2,3)21-13(19)17-11(7-5-6-8-15)12(18)16-9-10-20-4/h11H,5-10,15H2,1-4H3,(H,16,18)(H,17,19). The molecule has 0 aliphatic heterocycles. The zero-order valence-electron chi connectivity index (χ0n) is 13.5. The van der Waals surface area contributed by atoms with E-state index < -0.39 is 17.7 Å². The molecule has 0 heterocycles. The zero-order chi connectivity index (χ0) is 16.3. The largest absolute Gasteiger partial charge is 0.444 e. The number of carbonyl (C=O) groups is 2. The number of hydrogen-bond donors (Lipinski definition) is 3. The quantitative estimate of drug-likeness (QED) is 0.546. The van der Waals surface area contributed by atoms with E-state index in [1.54, 1.807) is 27.9 Å². The predicted octanol–water partition coefficient (Wildman–Crippen LogP) is 0.771. The molecule has 7 heteroatoms. The average molecular weight is 303 g/mol. The summed E-state index contributed by atoms with van der Waals surface area (Å²) < 4.78 is 10.0. The SMILES string of the molecule is COCCNC(=O)C(CCCCN)NC(=O)OC(C)(C)C. The predicted molar refractivity (Wildman–Crippen MR) is 80.9 cm³/mol. The van der Waals surface area contributed by atoms with Crippen molar-refractivity contribution in [1.29, 1.82) is 0 Å². The third kappa shape index (κ3) is 11.0. The molecular formula is C14H29N3O4. The van der Waals surface area contributed by atoms with Gasteiger partial charge in [-0.15, -0.1) is 0 Å². The molecule has 0 aliphatic carbocycles. The van der Waals surface area contributed by atoms with Crippen LogP contribution < -0.4 is 16.4 Å². The lowest BCUT2D eigenvalue weighted by atomic mass is 10.1. The Kier molecular flexibility index (Phi) is 9.73. The summed E-state index contributed by atoms with van der Waals surface area (Å²) in [6.07, 6.45) is 1.49. The number of methoxy groups -OCH3 is 1. The zero-order valence-corrected chi connectivity index (χ0v) is 13.5. The molecule has 0 aliphatic rings. The first-order chi connectivity index (χ1) is 9.80. The fourth-order valence-electron chi connectivity index (χ4n) is 1.61. The van der Waals surface area contributed by atoms with E-state index in [-0.39, 0.29) is 5.91 Å². The second-order valence-corrected chi connectivity index (χ2v) is 5.77. The minimum absolute atomic E-state index is 0.241. The molecule has 1 atom stereocenters. The Bertz CT molecular complexity index is 316. The Hall–Kier alpha value is -1.34. The molecule has 0 aromatic carbocycles. The molecule has 0 saturated carbocycles. The lowest BCUT2D eigenvalue weighted by Gasteiger charge is -2.23. The first-order valence-corrected chi connectivity index (χ1v) is 7.26. The second kappa shape index (κ2) is 10.4. The Morgan fingerprint density at radius 3 is 2.43 bits per heavy atom. The summed E-state index contributed by atoms with van der Waals surface area (Å²) in [7, 11) is 1.56. The Labute approximate surface area is 126 Å². The van der Waals surface area contributed by atoms with E-state index >= 15 is 0 Å². The fourth-order valence-corrected chi connectivity index (χ4v) is 1.61. The van der Waals surface area contributed by atoms with E-state index in [4.69, 9.17) is 15.2 Å². The van der Waals surface area contributed by atoms with Crippen LogP contribution in [0.4, 0.5) is 4.79 Å². The second-order valence-electron chi connectivity index (χ2n) is 5.77. The monoisotopic (exact) mass is 303 g/mol. The van der Waals surface area contributed by atoms with Gasteiger partial charge in [-0.05, 0) is 46.6 Å². The van der Waals surface area contributed by atoms with Gasteiger partial charge in [-0.1, -0.05) is 0 Å². The third-order valence-corrected chi connectivity index (χ3v) is 2.56. The van der Waals surface area contributed by atoms with Crippen molar-refractivity contribution in [2.75, 3.05) is 26.8 Å². The van der Waals surface area contributed by atoms with Gasteiger partial charge in [0.1, 0.15) is 11.6 Å². The van der Waals surface area contributed by atoms with Crippen molar-refractivity contribution in [2.24, 2.45) is 5.73 Å². The molecular weight excluding hydrogens is 274 g/mol. The average Bonchev–Trinajstić information content (AvgIpc) is 2.35. The Morgan fingerprint density at radius 2 is 1.90 bits per heavy atom. The summed E-state index contributed by atoms with van der Waals surface area (Å²) in [5.41, 5.74) is 4.85. The van der Waals surface area contributed by atoms with Gasteiger partial charge < -0.3 is 25.8 Å². The molecule has 21 heavy (non-hydrogen) atoms. The number of nitrogens with two attached hydrogens (primary N) is 1. The number of ether oxygens (including phenoxy) is 2. The highest BCUT2D eigenvalue weighted by Crippen LogP contribution is 2.08. The van der Waals surface area contributed by atoms with Crippen molar-refractivity contribution in [2.45, 2.75) is 51.7 Å². The van der Waals surface area contributed by atoms with Gasteiger partial charge in [0.15, 0.2) is 0 Å². The van der Waals surface area contributed by atoms with Crippen LogP contribution in [0.25, 0.3) is 0 Å². The van der Waals surface area contributed by atoms with E-state index in [0.717, 1.165) is 12.8 Å². The summed E-state index contributed by atoms with van der Waals surface area (Å²) in [5, 5.41) is 5.32. The Morgan fingerprint density at radius 1 is 1.24 bits per heavy atom. The van der Waals surface area contributed by atoms with Crippen molar-refractivity contribution in [3.05, 3.63) is 0 Å². The highest BCUT2D eigenvalue weighted by Gasteiger charge is 2.23. The van der Waals surface area contributed by atoms with Crippen LogP contribution in [0.5, 0.6) is 0 Å². The van der Waals surface area contributed by atoms with Crippen LogP contribution in [0.2, 0.25) is 0 Å². The van der Waals surface area contributed by atoms with E-state index in [1.807, 2.05) is 0 Å². The maximum Gasteiger partial charge on any atom is 0.408 e. The number of carbonyl (C=O) groups excluding carboxylic acids is 2. The van der Waals surface area contributed by atoms with Crippen LogP contribution in [0, 0.1) is 0 Å². The van der Waals surface area contributed by atoms with Crippen molar-refractivity contribution in [3.63, 3.8) is 0 Å². The lowest BCUT2D eigenvalue weighted by molar-refractivity contribution is -0.123. The van der Waals surface area contributed by atoms with Crippen LogP contribution in [0.1, 0.15) is 40.0 Å². The van der Waals surface area contributed by atoms with Crippen LogP contribution in [0.3, 0.4) is 0 Å². The summed E-state index contributed by atoms with van der Waals surface area (Å²) >= 11 is 0. The van der Waals surface area contributed by atoms with Crippen LogP contribution >= 0.6 is 0 Å². The summed E-state index contributed by atoms with van der Waals surface area (Å²) in [6, 6.07) is -0.622. The van der Waals surface area contributed by atoms with Crippen LogP contribution in [-0.2, 0) is 14.3 Å². The van der Waals surface area contributed by atoms with E-state index in [2.05, 4.69) is 10.6 Å². The number of nitrogens with one attached hydrogen (secondary N) is 2. The van der Waals surface area contributed by atoms with Gasteiger partial charge in [0, 0.05) is 13.7 Å². The van der Waals surface area contributed by atoms with Crippen LogP contribution in [0.15, 0.2) is 0 Å². The number of alkyl carbamates (subject to hydrolysis) is 1. The first kappa shape index (κ1) is 19.7. The highest BCUT2D eigenvalue weighted by molar-refractivity contribution is 5.85. The summed E-state index contributed by atoms with van der Waals surface area (Å²) in [5.74, 6) is -0.241. The van der Waals surface area contributed by atoms with E-state index in [1.165, 1.54) is 0 Å². The molecule has 0 bridgehead atoms. The minimum Gasteiger partial charge on any atom is -0.444 e. The number of amides is 2. The van der Waals surface area contributed by atoms with Crippen LogP contribution in [-0.4, -0.2) is 50.4 Å². The maximum absolute atomic E-state index is 12.0. The summed E-state index contributed by atoms with van der Waals surface area (Å²) in [6.45, 7) is 6.70. The van der Waals surface area contributed by atoms with Gasteiger partial charge in [0.25, 0.3) is 0 Å². The topological polar surface area (TPSA) is 103 Å². The molecule has 0 radical (unpaired) electrons. The molecule has 7 nitrogen and oxygen atoms in total. The lowest BCUT2D eigenvalue weighted by Crippen LogP contribution is -2.48.